The van der Waals surface area contributed by atoms with Gasteiger partial charge in [-0.3, -0.25) is 0 Å². The molecule has 14 heavy (non-hydrogen) atoms. The Morgan fingerprint density at radius 1 is 1.57 bits per heavy atom. The molecule has 0 spiro atoms. The molecule has 4 nitrogen and oxygen atoms in total. The highest BCUT2D eigenvalue weighted by molar-refractivity contribution is 5.58. The van der Waals surface area contributed by atoms with Crippen LogP contribution in [-0.2, 0) is 6.54 Å². The van der Waals surface area contributed by atoms with Gasteiger partial charge in [-0.1, -0.05) is 0 Å². The number of nitrogens with zero attached hydrogens (tertiary/aromatic N) is 2. The highest BCUT2D eigenvalue weighted by Gasteiger charge is 2.19. The summed E-state index contributed by atoms with van der Waals surface area (Å²) in [4.78, 5) is 3.61. The quantitative estimate of drug-likeness (QED) is 0.739. The first-order valence-electron chi connectivity index (χ1n) is 3.77. The van der Waals surface area contributed by atoms with E-state index >= 15 is 0 Å². The standard InChI is InChI=1S/C8H8F2N4/c9-8(10)6-4(1-11)3-14-5(2-12)7(6)13/h3,8H,1,11,13H2. The fourth-order valence-electron chi connectivity index (χ4n) is 1.09. The van der Waals surface area contributed by atoms with Gasteiger partial charge in [0.15, 0.2) is 5.69 Å². The van der Waals surface area contributed by atoms with Gasteiger partial charge in [-0.25, -0.2) is 13.8 Å². The summed E-state index contributed by atoms with van der Waals surface area (Å²) in [6.07, 6.45) is -1.60. The van der Waals surface area contributed by atoms with Crippen molar-refractivity contribution in [3.63, 3.8) is 0 Å². The van der Waals surface area contributed by atoms with Crippen molar-refractivity contribution >= 4 is 5.69 Å². The zero-order valence-electron chi connectivity index (χ0n) is 7.17. The minimum Gasteiger partial charge on any atom is -0.396 e. The van der Waals surface area contributed by atoms with Crippen LogP contribution in [0.25, 0.3) is 0 Å². The molecule has 0 radical (unpaired) electrons. The molecule has 0 atom stereocenters. The predicted octanol–water partition coefficient (Wildman–Crippen LogP) is 0.932. The molecule has 0 fully saturated rings. The lowest BCUT2D eigenvalue weighted by atomic mass is 10.1. The molecule has 0 bridgehead atoms. The molecule has 4 N–H and O–H groups in total. The smallest absolute Gasteiger partial charge is 0.266 e. The number of halogens is 2. The van der Waals surface area contributed by atoms with E-state index in [4.69, 9.17) is 16.7 Å². The Bertz CT molecular complexity index is 384. The molecule has 0 aromatic carbocycles. The summed E-state index contributed by atoms with van der Waals surface area (Å²) >= 11 is 0. The monoisotopic (exact) mass is 198 g/mol. The third-order valence-electron chi connectivity index (χ3n) is 1.78. The van der Waals surface area contributed by atoms with Crippen LogP contribution in [-0.4, -0.2) is 4.98 Å². The third-order valence-corrected chi connectivity index (χ3v) is 1.78. The zero-order valence-corrected chi connectivity index (χ0v) is 7.17. The number of hydrogen-bond acceptors (Lipinski definition) is 4. The lowest BCUT2D eigenvalue weighted by molar-refractivity contribution is 0.151. The van der Waals surface area contributed by atoms with Crippen LogP contribution < -0.4 is 11.5 Å². The molecule has 0 saturated carbocycles. The maximum absolute atomic E-state index is 12.5. The number of aromatic nitrogens is 1. The van der Waals surface area contributed by atoms with Crippen LogP contribution in [0, 0.1) is 11.3 Å². The Kier molecular flexibility index (Phi) is 2.94. The summed E-state index contributed by atoms with van der Waals surface area (Å²) in [7, 11) is 0. The maximum atomic E-state index is 12.5. The van der Waals surface area contributed by atoms with Gasteiger partial charge in [0.1, 0.15) is 6.07 Å². The largest absolute Gasteiger partial charge is 0.396 e. The van der Waals surface area contributed by atoms with E-state index in [0.717, 1.165) is 6.20 Å². The van der Waals surface area contributed by atoms with Gasteiger partial charge >= 0.3 is 0 Å². The Morgan fingerprint density at radius 2 is 2.21 bits per heavy atom. The average molecular weight is 198 g/mol. The lowest BCUT2D eigenvalue weighted by Crippen LogP contribution is -2.08. The molecule has 1 aromatic rings. The second-order valence-corrected chi connectivity index (χ2v) is 2.58. The van der Waals surface area contributed by atoms with Gasteiger partial charge in [-0.2, -0.15) is 5.26 Å². The van der Waals surface area contributed by atoms with E-state index in [1.165, 1.54) is 0 Å². The van der Waals surface area contributed by atoms with Crippen molar-refractivity contribution in [3.05, 3.63) is 23.0 Å². The minimum absolute atomic E-state index is 0.0808. The average Bonchev–Trinajstić information content (AvgIpc) is 2.16. The molecule has 0 unspecified atom stereocenters. The SMILES string of the molecule is N#Cc1ncc(CN)c(C(F)F)c1N. The number of nitrogen functional groups attached to an aromatic ring is 1. The molecule has 1 rings (SSSR count). The molecule has 0 aliphatic carbocycles. The number of pyridine rings is 1. The van der Waals surface area contributed by atoms with Crippen LogP contribution in [0.15, 0.2) is 6.20 Å². The molecule has 0 aliphatic heterocycles. The summed E-state index contributed by atoms with van der Waals surface area (Å²) in [5, 5.41) is 8.52. The Hall–Kier alpha value is -1.74. The van der Waals surface area contributed by atoms with E-state index < -0.39 is 6.43 Å². The van der Waals surface area contributed by atoms with E-state index in [0.29, 0.717) is 0 Å². The van der Waals surface area contributed by atoms with Crippen LogP contribution in [0.4, 0.5) is 14.5 Å². The van der Waals surface area contributed by atoms with Crippen molar-refractivity contribution in [1.29, 1.82) is 5.26 Å². The molecule has 0 saturated heterocycles. The van der Waals surface area contributed by atoms with Crippen molar-refractivity contribution < 1.29 is 8.78 Å². The Labute approximate surface area is 79.1 Å². The highest BCUT2D eigenvalue weighted by Crippen LogP contribution is 2.29. The predicted molar refractivity (Wildman–Crippen MR) is 46.2 cm³/mol. The molecule has 6 heteroatoms. The summed E-state index contributed by atoms with van der Waals surface area (Å²) in [6, 6.07) is 1.63. The first-order valence-corrected chi connectivity index (χ1v) is 3.77. The van der Waals surface area contributed by atoms with E-state index in [1.54, 1.807) is 6.07 Å². The van der Waals surface area contributed by atoms with Crippen molar-refractivity contribution in [2.75, 3.05) is 5.73 Å². The first-order chi connectivity index (χ1) is 6.61. The van der Waals surface area contributed by atoms with Gasteiger partial charge in [-0.15, -0.1) is 0 Å². The van der Waals surface area contributed by atoms with Crippen LogP contribution in [0.2, 0.25) is 0 Å². The van der Waals surface area contributed by atoms with Crippen LogP contribution >= 0.6 is 0 Å². The highest BCUT2D eigenvalue weighted by atomic mass is 19.3. The van der Waals surface area contributed by atoms with E-state index in [2.05, 4.69) is 4.98 Å². The number of hydrogen-bond donors (Lipinski definition) is 2. The molecular weight excluding hydrogens is 190 g/mol. The first kappa shape index (κ1) is 10.3. The van der Waals surface area contributed by atoms with Crippen molar-refractivity contribution in [3.8, 4) is 6.07 Å². The fourth-order valence-corrected chi connectivity index (χ4v) is 1.09. The molecule has 0 aliphatic rings. The summed E-state index contributed by atoms with van der Waals surface area (Å²) < 4.78 is 25.0. The summed E-state index contributed by atoms with van der Waals surface area (Å²) in [5.74, 6) is 0. The van der Waals surface area contributed by atoms with Gasteiger partial charge in [0.25, 0.3) is 6.43 Å². The van der Waals surface area contributed by atoms with Gasteiger partial charge < -0.3 is 11.5 Å². The number of alkyl halides is 2. The fraction of sp³-hybridized carbons (Fsp3) is 0.250. The molecule has 74 valence electrons. The Morgan fingerprint density at radius 3 is 2.64 bits per heavy atom. The zero-order chi connectivity index (χ0) is 10.7. The van der Waals surface area contributed by atoms with E-state index in [9.17, 15) is 8.78 Å². The maximum Gasteiger partial charge on any atom is 0.266 e. The van der Waals surface area contributed by atoms with Crippen molar-refractivity contribution in [1.82, 2.24) is 4.98 Å². The lowest BCUT2D eigenvalue weighted by Gasteiger charge is -2.09. The van der Waals surface area contributed by atoms with Gasteiger partial charge in [-0.05, 0) is 5.56 Å². The normalized spacial score (nSPS) is 10.2. The Balaban J connectivity index is 3.41. The minimum atomic E-state index is -2.75. The number of rotatable bonds is 2. The summed E-state index contributed by atoms with van der Waals surface area (Å²) in [5.41, 5.74) is 9.88. The van der Waals surface area contributed by atoms with Crippen molar-refractivity contribution in [2.45, 2.75) is 13.0 Å². The number of anilines is 1. The van der Waals surface area contributed by atoms with Gasteiger partial charge in [0, 0.05) is 18.3 Å². The second-order valence-electron chi connectivity index (χ2n) is 2.58. The molecule has 1 heterocycles. The number of nitrogens with two attached hydrogens (primary N) is 2. The van der Waals surface area contributed by atoms with Gasteiger partial charge in [0.2, 0.25) is 0 Å². The molecule has 1 aromatic heterocycles. The van der Waals surface area contributed by atoms with Crippen molar-refractivity contribution in [2.24, 2.45) is 5.73 Å². The third kappa shape index (κ3) is 1.63. The molecule has 0 amide bonds. The van der Waals surface area contributed by atoms with Crippen LogP contribution in [0.1, 0.15) is 23.2 Å². The van der Waals surface area contributed by atoms with Crippen LogP contribution in [0.3, 0.4) is 0 Å². The topological polar surface area (TPSA) is 88.7 Å². The van der Waals surface area contributed by atoms with Crippen LogP contribution in [0.5, 0.6) is 0 Å². The summed E-state index contributed by atoms with van der Waals surface area (Å²) in [6.45, 7) is -0.0808. The number of nitriles is 1. The molecular formula is C8H8F2N4. The second kappa shape index (κ2) is 3.98. The van der Waals surface area contributed by atoms with Gasteiger partial charge in [0.05, 0.1) is 5.69 Å². The van der Waals surface area contributed by atoms with E-state index in [1.807, 2.05) is 0 Å². The van der Waals surface area contributed by atoms with E-state index in [-0.39, 0.29) is 29.1 Å².